The zero-order chi connectivity index (χ0) is 20.2. The second-order valence-electron chi connectivity index (χ2n) is 5.47. The van der Waals surface area contributed by atoms with Gasteiger partial charge in [-0.3, -0.25) is 15.8 Å². The molecule has 1 aromatic carbocycles. The highest BCUT2D eigenvalue weighted by atomic mass is 32.1. The Morgan fingerprint density at radius 1 is 0.786 bits per heavy atom. The lowest BCUT2D eigenvalue weighted by Gasteiger charge is -2.13. The van der Waals surface area contributed by atoms with Gasteiger partial charge in [-0.15, -0.1) is 0 Å². The SMILES string of the molecule is CCNC(=S)NN=C(C(=NNC(=S)NCC)c1ccncc1)c1ccccc1. The molecule has 9 heteroatoms. The monoisotopic (exact) mass is 413 g/mol. The standard InChI is InChI=1S/C19H23N7S2/c1-3-21-18(27)25-23-16(14-8-6-5-7-9-14)17(15-10-12-20-13-11-15)24-26-19(28)22-4-2/h5-13H,3-4H2,1-2H3,(H2,21,25,27)(H2,22,26,28). The number of benzene rings is 1. The quantitative estimate of drug-likeness (QED) is 0.314. The highest BCUT2D eigenvalue weighted by Gasteiger charge is 2.15. The number of hydrogen-bond acceptors (Lipinski definition) is 5. The van der Waals surface area contributed by atoms with Gasteiger partial charge in [0.15, 0.2) is 10.2 Å². The number of rotatable bonds is 7. The van der Waals surface area contributed by atoms with Crippen LogP contribution in [0.25, 0.3) is 0 Å². The molecule has 0 aliphatic heterocycles. The molecule has 0 atom stereocenters. The van der Waals surface area contributed by atoms with Crippen molar-refractivity contribution in [2.45, 2.75) is 13.8 Å². The van der Waals surface area contributed by atoms with Gasteiger partial charge in [0.25, 0.3) is 0 Å². The van der Waals surface area contributed by atoms with E-state index in [0.717, 1.165) is 11.1 Å². The molecule has 0 spiro atoms. The van der Waals surface area contributed by atoms with Crippen molar-refractivity contribution in [3.63, 3.8) is 0 Å². The molecule has 0 bridgehead atoms. The van der Waals surface area contributed by atoms with E-state index in [1.807, 2.05) is 56.3 Å². The van der Waals surface area contributed by atoms with E-state index in [9.17, 15) is 0 Å². The summed E-state index contributed by atoms with van der Waals surface area (Å²) < 4.78 is 0. The summed E-state index contributed by atoms with van der Waals surface area (Å²) in [7, 11) is 0. The van der Waals surface area contributed by atoms with Crippen LogP contribution in [0, 0.1) is 0 Å². The Morgan fingerprint density at radius 2 is 1.25 bits per heavy atom. The first-order chi connectivity index (χ1) is 13.7. The number of thiocarbonyl (C=S) groups is 2. The lowest BCUT2D eigenvalue weighted by molar-refractivity contribution is 0.897. The van der Waals surface area contributed by atoms with Crippen molar-refractivity contribution in [3.8, 4) is 0 Å². The predicted molar refractivity (Wildman–Crippen MR) is 123 cm³/mol. The molecule has 1 heterocycles. The highest BCUT2D eigenvalue weighted by Crippen LogP contribution is 2.09. The molecule has 0 unspecified atom stereocenters. The normalized spacial score (nSPS) is 11.5. The average molecular weight is 414 g/mol. The van der Waals surface area contributed by atoms with E-state index in [4.69, 9.17) is 24.4 Å². The van der Waals surface area contributed by atoms with Crippen LogP contribution in [0.2, 0.25) is 0 Å². The summed E-state index contributed by atoms with van der Waals surface area (Å²) in [6.07, 6.45) is 3.40. The third-order valence-corrected chi connectivity index (χ3v) is 3.91. The summed E-state index contributed by atoms with van der Waals surface area (Å²) in [5, 5.41) is 15.9. The molecule has 28 heavy (non-hydrogen) atoms. The number of nitrogens with zero attached hydrogens (tertiary/aromatic N) is 3. The van der Waals surface area contributed by atoms with Gasteiger partial charge in [0.1, 0.15) is 11.4 Å². The van der Waals surface area contributed by atoms with Crippen LogP contribution >= 0.6 is 24.4 Å². The molecule has 2 aromatic rings. The molecular weight excluding hydrogens is 390 g/mol. The third kappa shape index (κ3) is 6.67. The van der Waals surface area contributed by atoms with Crippen LogP contribution in [-0.4, -0.2) is 39.7 Å². The summed E-state index contributed by atoms with van der Waals surface area (Å²) in [4.78, 5) is 4.08. The molecular formula is C19H23N7S2. The minimum absolute atomic E-state index is 0.428. The Balaban J connectivity index is 2.48. The van der Waals surface area contributed by atoms with E-state index in [1.165, 1.54) is 0 Å². The van der Waals surface area contributed by atoms with Crippen molar-refractivity contribution in [3.05, 3.63) is 66.0 Å². The summed E-state index contributed by atoms with van der Waals surface area (Å²) in [6, 6.07) is 13.4. The fourth-order valence-corrected chi connectivity index (χ4v) is 2.61. The van der Waals surface area contributed by atoms with Crippen LogP contribution in [0.1, 0.15) is 25.0 Å². The predicted octanol–water partition coefficient (Wildman–Crippen LogP) is 2.16. The average Bonchev–Trinajstić information content (AvgIpc) is 2.72. The van der Waals surface area contributed by atoms with Crippen LogP contribution in [0.5, 0.6) is 0 Å². The maximum Gasteiger partial charge on any atom is 0.186 e. The summed E-state index contributed by atoms with van der Waals surface area (Å²) in [5.41, 5.74) is 8.67. The fraction of sp³-hybridized carbons (Fsp3) is 0.211. The summed E-state index contributed by atoms with van der Waals surface area (Å²) in [6.45, 7) is 5.32. The van der Waals surface area contributed by atoms with Gasteiger partial charge in [-0.05, 0) is 50.4 Å². The molecule has 4 N–H and O–H groups in total. The van der Waals surface area contributed by atoms with E-state index >= 15 is 0 Å². The van der Waals surface area contributed by atoms with E-state index in [1.54, 1.807) is 12.4 Å². The maximum absolute atomic E-state index is 5.24. The molecule has 0 aliphatic rings. The van der Waals surface area contributed by atoms with E-state index < -0.39 is 0 Å². The van der Waals surface area contributed by atoms with Crippen molar-refractivity contribution >= 4 is 46.1 Å². The summed E-state index contributed by atoms with van der Waals surface area (Å²) in [5.74, 6) is 0. The Morgan fingerprint density at radius 3 is 1.71 bits per heavy atom. The molecule has 0 aliphatic carbocycles. The fourth-order valence-electron chi connectivity index (χ4n) is 2.23. The number of aromatic nitrogens is 1. The molecule has 2 rings (SSSR count). The number of pyridine rings is 1. The molecule has 1 aromatic heterocycles. The van der Waals surface area contributed by atoms with Crippen molar-refractivity contribution in [1.82, 2.24) is 26.5 Å². The zero-order valence-electron chi connectivity index (χ0n) is 15.8. The number of hydrogen-bond donors (Lipinski definition) is 4. The Bertz CT molecular complexity index is 764. The van der Waals surface area contributed by atoms with Gasteiger partial charge < -0.3 is 10.6 Å². The van der Waals surface area contributed by atoms with Gasteiger partial charge in [0, 0.05) is 36.6 Å². The number of nitrogens with one attached hydrogen (secondary N) is 4. The van der Waals surface area contributed by atoms with E-state index in [0.29, 0.717) is 34.7 Å². The second-order valence-corrected chi connectivity index (χ2v) is 6.28. The topological polar surface area (TPSA) is 85.7 Å². The van der Waals surface area contributed by atoms with Crippen LogP contribution < -0.4 is 21.5 Å². The van der Waals surface area contributed by atoms with E-state index in [-0.39, 0.29) is 0 Å². The highest BCUT2D eigenvalue weighted by molar-refractivity contribution is 7.80. The Kier molecular flexibility index (Phi) is 8.96. The van der Waals surface area contributed by atoms with Gasteiger partial charge in [0.05, 0.1) is 0 Å². The van der Waals surface area contributed by atoms with Crippen LogP contribution in [0.15, 0.2) is 65.1 Å². The van der Waals surface area contributed by atoms with Gasteiger partial charge in [-0.1, -0.05) is 30.3 Å². The van der Waals surface area contributed by atoms with Crippen molar-refractivity contribution in [1.29, 1.82) is 0 Å². The molecule has 0 saturated heterocycles. The van der Waals surface area contributed by atoms with E-state index in [2.05, 4.69) is 36.7 Å². The van der Waals surface area contributed by atoms with Crippen LogP contribution in [0.3, 0.4) is 0 Å². The first-order valence-electron chi connectivity index (χ1n) is 8.85. The minimum Gasteiger partial charge on any atom is -0.362 e. The third-order valence-electron chi connectivity index (χ3n) is 3.44. The van der Waals surface area contributed by atoms with Crippen molar-refractivity contribution in [2.24, 2.45) is 10.2 Å². The minimum atomic E-state index is 0.428. The zero-order valence-corrected chi connectivity index (χ0v) is 17.4. The van der Waals surface area contributed by atoms with Gasteiger partial charge >= 0.3 is 0 Å². The lowest BCUT2D eigenvalue weighted by atomic mass is 10.0. The van der Waals surface area contributed by atoms with Gasteiger partial charge in [0.2, 0.25) is 0 Å². The van der Waals surface area contributed by atoms with Crippen molar-refractivity contribution < 1.29 is 0 Å². The van der Waals surface area contributed by atoms with Crippen molar-refractivity contribution in [2.75, 3.05) is 13.1 Å². The smallest absolute Gasteiger partial charge is 0.186 e. The molecule has 7 nitrogen and oxygen atoms in total. The molecule has 146 valence electrons. The molecule has 0 saturated carbocycles. The van der Waals surface area contributed by atoms with Gasteiger partial charge in [-0.2, -0.15) is 10.2 Å². The molecule has 0 radical (unpaired) electrons. The summed E-state index contributed by atoms with van der Waals surface area (Å²) >= 11 is 10.5. The van der Waals surface area contributed by atoms with Crippen LogP contribution in [0.4, 0.5) is 0 Å². The molecule has 0 fully saturated rings. The van der Waals surface area contributed by atoms with Gasteiger partial charge in [-0.25, -0.2) is 0 Å². The first-order valence-corrected chi connectivity index (χ1v) is 9.66. The lowest BCUT2D eigenvalue weighted by Crippen LogP contribution is -2.35. The van der Waals surface area contributed by atoms with Crippen LogP contribution in [-0.2, 0) is 0 Å². The maximum atomic E-state index is 5.24. The Hall–Kier alpha value is -2.91. The second kappa shape index (κ2) is 11.7. The number of hydrazone groups is 2. The first kappa shape index (κ1) is 21.4. The Labute approximate surface area is 175 Å². The largest absolute Gasteiger partial charge is 0.362 e. The molecule has 0 amide bonds.